The second-order valence-corrected chi connectivity index (χ2v) is 4.98. The molecule has 0 aromatic heterocycles. The van der Waals surface area contributed by atoms with Crippen molar-refractivity contribution in [2.24, 2.45) is 0 Å². The van der Waals surface area contributed by atoms with Gasteiger partial charge in [-0.25, -0.2) is 4.39 Å². The largest absolute Gasteiger partial charge is 0.486 e. The van der Waals surface area contributed by atoms with Gasteiger partial charge in [0, 0.05) is 11.0 Å². The lowest BCUT2D eigenvalue weighted by atomic mass is 10.3. The third-order valence-electron chi connectivity index (χ3n) is 2.36. The van der Waals surface area contributed by atoms with E-state index < -0.39 is 0 Å². The SMILES string of the molecule is CCCCNCC(C)Oc1ccc(Br)cc1F. The van der Waals surface area contributed by atoms with Crippen LogP contribution in [0.15, 0.2) is 22.7 Å². The zero-order chi connectivity index (χ0) is 12.7. The molecule has 0 saturated heterocycles. The molecule has 1 aromatic rings. The first-order valence-corrected chi connectivity index (χ1v) is 6.75. The normalized spacial score (nSPS) is 12.5. The molecule has 0 amide bonds. The molecule has 4 heteroatoms. The minimum absolute atomic E-state index is 0.0393. The summed E-state index contributed by atoms with van der Waals surface area (Å²) >= 11 is 3.21. The van der Waals surface area contributed by atoms with Crippen LogP contribution in [0.25, 0.3) is 0 Å². The van der Waals surface area contributed by atoms with Crippen LogP contribution in [0.1, 0.15) is 26.7 Å². The lowest BCUT2D eigenvalue weighted by molar-refractivity contribution is 0.208. The summed E-state index contributed by atoms with van der Waals surface area (Å²) in [6, 6.07) is 4.82. The maximum absolute atomic E-state index is 13.5. The van der Waals surface area contributed by atoms with Crippen molar-refractivity contribution in [1.29, 1.82) is 0 Å². The van der Waals surface area contributed by atoms with Gasteiger partial charge in [0.05, 0.1) is 0 Å². The van der Waals surface area contributed by atoms with E-state index in [1.807, 2.05) is 6.92 Å². The van der Waals surface area contributed by atoms with Gasteiger partial charge in [0.1, 0.15) is 6.10 Å². The molecule has 0 radical (unpaired) electrons. The first kappa shape index (κ1) is 14.5. The molecule has 1 rings (SSSR count). The molecule has 1 N–H and O–H groups in total. The summed E-state index contributed by atoms with van der Waals surface area (Å²) in [5.41, 5.74) is 0. The Hall–Kier alpha value is -0.610. The van der Waals surface area contributed by atoms with E-state index in [2.05, 4.69) is 28.2 Å². The number of unbranched alkanes of at least 4 members (excludes halogenated alkanes) is 1. The maximum Gasteiger partial charge on any atom is 0.166 e. The minimum atomic E-state index is -0.334. The van der Waals surface area contributed by atoms with Crippen LogP contribution < -0.4 is 10.1 Å². The van der Waals surface area contributed by atoms with Crippen LogP contribution in [0.4, 0.5) is 4.39 Å². The molecule has 0 aliphatic rings. The average Bonchev–Trinajstić information content (AvgIpc) is 2.28. The second-order valence-electron chi connectivity index (χ2n) is 4.06. The van der Waals surface area contributed by atoms with E-state index in [1.54, 1.807) is 12.1 Å². The van der Waals surface area contributed by atoms with Crippen molar-refractivity contribution in [2.45, 2.75) is 32.8 Å². The van der Waals surface area contributed by atoms with Gasteiger partial charge in [-0.15, -0.1) is 0 Å². The molecule has 0 spiro atoms. The Kier molecular flexibility index (Phi) is 6.52. The van der Waals surface area contributed by atoms with Crippen molar-refractivity contribution < 1.29 is 9.13 Å². The van der Waals surface area contributed by atoms with Crippen molar-refractivity contribution in [3.05, 3.63) is 28.5 Å². The van der Waals surface area contributed by atoms with Crippen LogP contribution in [0.2, 0.25) is 0 Å². The standard InChI is InChI=1S/C13H19BrFNO/c1-3-4-7-16-9-10(2)17-13-6-5-11(14)8-12(13)15/h5-6,8,10,16H,3-4,7,9H2,1-2H3. The molecule has 2 nitrogen and oxygen atoms in total. The topological polar surface area (TPSA) is 21.3 Å². The Bertz CT molecular complexity index is 346. The summed E-state index contributed by atoms with van der Waals surface area (Å²) in [5, 5.41) is 3.28. The van der Waals surface area contributed by atoms with E-state index in [9.17, 15) is 4.39 Å². The molecule has 96 valence electrons. The van der Waals surface area contributed by atoms with E-state index in [0.717, 1.165) is 24.0 Å². The summed E-state index contributed by atoms with van der Waals surface area (Å²) < 4.78 is 19.7. The predicted octanol–water partition coefficient (Wildman–Crippen LogP) is 3.75. The van der Waals surface area contributed by atoms with Crippen molar-refractivity contribution in [1.82, 2.24) is 5.32 Å². The number of hydrogen-bond acceptors (Lipinski definition) is 2. The molecule has 0 aliphatic carbocycles. The van der Waals surface area contributed by atoms with Gasteiger partial charge in [-0.05, 0) is 38.1 Å². The zero-order valence-corrected chi connectivity index (χ0v) is 11.9. The quantitative estimate of drug-likeness (QED) is 0.775. The fourth-order valence-corrected chi connectivity index (χ4v) is 1.77. The highest BCUT2D eigenvalue weighted by atomic mass is 79.9. The number of halogens is 2. The van der Waals surface area contributed by atoms with Crippen LogP contribution >= 0.6 is 15.9 Å². The highest BCUT2D eigenvalue weighted by Crippen LogP contribution is 2.22. The molecular weight excluding hydrogens is 285 g/mol. The third-order valence-corrected chi connectivity index (χ3v) is 2.85. The summed E-state index contributed by atoms with van der Waals surface area (Å²) in [4.78, 5) is 0. The third kappa shape index (κ3) is 5.50. The Morgan fingerprint density at radius 2 is 2.24 bits per heavy atom. The molecule has 17 heavy (non-hydrogen) atoms. The first-order valence-electron chi connectivity index (χ1n) is 5.96. The van der Waals surface area contributed by atoms with E-state index in [4.69, 9.17) is 4.74 Å². The molecule has 0 heterocycles. The van der Waals surface area contributed by atoms with Crippen LogP contribution in [-0.2, 0) is 0 Å². The van der Waals surface area contributed by atoms with Gasteiger partial charge >= 0.3 is 0 Å². The second kappa shape index (κ2) is 7.67. The van der Waals surface area contributed by atoms with E-state index in [-0.39, 0.29) is 11.9 Å². The fraction of sp³-hybridized carbons (Fsp3) is 0.538. The minimum Gasteiger partial charge on any atom is -0.486 e. The van der Waals surface area contributed by atoms with Crippen molar-refractivity contribution >= 4 is 15.9 Å². The van der Waals surface area contributed by atoms with E-state index >= 15 is 0 Å². The van der Waals surface area contributed by atoms with Crippen LogP contribution in [0.3, 0.4) is 0 Å². The Labute approximate surface area is 111 Å². The highest BCUT2D eigenvalue weighted by Gasteiger charge is 2.08. The van der Waals surface area contributed by atoms with Gasteiger partial charge in [0.25, 0.3) is 0 Å². The average molecular weight is 304 g/mol. The molecule has 0 bridgehead atoms. The maximum atomic E-state index is 13.5. The van der Waals surface area contributed by atoms with E-state index in [0.29, 0.717) is 5.75 Å². The first-order chi connectivity index (χ1) is 8.13. The van der Waals surface area contributed by atoms with Crippen molar-refractivity contribution in [2.75, 3.05) is 13.1 Å². The number of hydrogen-bond donors (Lipinski definition) is 1. The Morgan fingerprint density at radius 1 is 1.47 bits per heavy atom. The lowest BCUT2D eigenvalue weighted by Crippen LogP contribution is -2.29. The summed E-state index contributed by atoms with van der Waals surface area (Å²) in [7, 11) is 0. The van der Waals surface area contributed by atoms with Gasteiger partial charge in [-0.2, -0.15) is 0 Å². The van der Waals surface area contributed by atoms with Gasteiger partial charge < -0.3 is 10.1 Å². The fourth-order valence-electron chi connectivity index (χ4n) is 1.44. The summed E-state index contributed by atoms with van der Waals surface area (Å²) in [5.74, 6) is -0.0298. The van der Waals surface area contributed by atoms with Crippen molar-refractivity contribution in [3.63, 3.8) is 0 Å². The number of nitrogens with one attached hydrogen (secondary N) is 1. The summed E-state index contributed by atoms with van der Waals surface area (Å²) in [6.07, 6.45) is 2.28. The number of benzene rings is 1. The van der Waals surface area contributed by atoms with Crippen LogP contribution in [-0.4, -0.2) is 19.2 Å². The van der Waals surface area contributed by atoms with Crippen molar-refractivity contribution in [3.8, 4) is 5.75 Å². The highest BCUT2D eigenvalue weighted by molar-refractivity contribution is 9.10. The molecule has 0 saturated carbocycles. The Morgan fingerprint density at radius 3 is 2.88 bits per heavy atom. The molecular formula is C13H19BrFNO. The molecule has 1 unspecified atom stereocenters. The molecule has 1 atom stereocenters. The number of rotatable bonds is 7. The van der Waals surface area contributed by atoms with Gasteiger partial charge in [-0.1, -0.05) is 29.3 Å². The predicted molar refractivity (Wildman–Crippen MR) is 72.0 cm³/mol. The summed E-state index contributed by atoms with van der Waals surface area (Å²) in [6.45, 7) is 5.79. The zero-order valence-electron chi connectivity index (χ0n) is 10.3. The monoisotopic (exact) mass is 303 g/mol. The molecule has 1 aromatic carbocycles. The van der Waals surface area contributed by atoms with Gasteiger partial charge in [0.2, 0.25) is 0 Å². The van der Waals surface area contributed by atoms with Gasteiger partial charge in [0.15, 0.2) is 11.6 Å². The molecule has 0 fully saturated rings. The van der Waals surface area contributed by atoms with Gasteiger partial charge in [-0.3, -0.25) is 0 Å². The Balaban J connectivity index is 2.37. The smallest absolute Gasteiger partial charge is 0.166 e. The van der Waals surface area contributed by atoms with Crippen LogP contribution in [0, 0.1) is 5.82 Å². The number of ether oxygens (including phenoxy) is 1. The van der Waals surface area contributed by atoms with Crippen LogP contribution in [0.5, 0.6) is 5.75 Å². The van der Waals surface area contributed by atoms with E-state index in [1.165, 1.54) is 12.5 Å². The molecule has 0 aliphatic heterocycles. The lowest BCUT2D eigenvalue weighted by Gasteiger charge is -2.16.